The lowest BCUT2D eigenvalue weighted by atomic mass is 9.77. The van der Waals surface area contributed by atoms with Crippen molar-refractivity contribution in [1.82, 2.24) is 0 Å². The monoisotopic (exact) mass is 646 g/mol. The standard InChI is InChI=1S/C50H46/c1-5-17-35(18-6-1)40-31-41(36-19-7-2-8-20-36)33-42(32-40)50-46-27-15-13-25-44(46)49(45-26-14-16-28-47(45)50)39-29-30-43(37-21-9-3-10-22-37)48(34-39)38-23-11-4-12-24-38/h3-4,9-16,21-36H,1-2,5-8,17-20H2. The Balaban J connectivity index is 1.29. The molecule has 2 aliphatic rings. The number of hydrogen-bond acceptors (Lipinski definition) is 0. The van der Waals surface area contributed by atoms with Gasteiger partial charge in [-0.2, -0.15) is 0 Å². The van der Waals surface area contributed by atoms with Gasteiger partial charge in [0, 0.05) is 0 Å². The van der Waals surface area contributed by atoms with Crippen molar-refractivity contribution in [3.05, 3.63) is 157 Å². The average Bonchev–Trinajstić information content (AvgIpc) is 3.21. The molecule has 0 spiro atoms. The van der Waals surface area contributed by atoms with Crippen LogP contribution in [0.3, 0.4) is 0 Å². The Kier molecular flexibility index (Phi) is 8.55. The molecule has 0 radical (unpaired) electrons. The molecule has 0 heteroatoms. The van der Waals surface area contributed by atoms with Gasteiger partial charge in [-0.15, -0.1) is 0 Å². The van der Waals surface area contributed by atoms with E-state index in [1.807, 2.05) is 0 Å². The molecule has 246 valence electrons. The summed E-state index contributed by atoms with van der Waals surface area (Å²) in [6, 6.07) is 55.1. The molecule has 0 nitrogen and oxygen atoms in total. The molecule has 0 heterocycles. The summed E-state index contributed by atoms with van der Waals surface area (Å²) in [6.45, 7) is 0. The van der Waals surface area contributed by atoms with Crippen molar-refractivity contribution in [2.24, 2.45) is 0 Å². The second-order valence-electron chi connectivity index (χ2n) is 14.9. The van der Waals surface area contributed by atoms with Crippen molar-refractivity contribution in [2.45, 2.75) is 76.0 Å². The van der Waals surface area contributed by atoms with Gasteiger partial charge in [0.25, 0.3) is 0 Å². The molecule has 0 atom stereocenters. The molecule has 0 bridgehead atoms. The largest absolute Gasteiger partial charge is 0.0622 e. The van der Waals surface area contributed by atoms with E-state index in [-0.39, 0.29) is 0 Å². The highest BCUT2D eigenvalue weighted by atomic mass is 14.3. The number of hydrogen-bond donors (Lipinski definition) is 0. The Morgan fingerprint density at radius 2 is 0.720 bits per heavy atom. The minimum Gasteiger partial charge on any atom is -0.0622 e. The van der Waals surface area contributed by atoms with E-state index in [9.17, 15) is 0 Å². The molecule has 0 aliphatic heterocycles. The molecule has 2 saturated carbocycles. The quantitative estimate of drug-likeness (QED) is 0.158. The first kappa shape index (κ1) is 31.1. The van der Waals surface area contributed by atoms with Gasteiger partial charge in [-0.3, -0.25) is 0 Å². The topological polar surface area (TPSA) is 0 Å². The fraction of sp³-hybridized carbons (Fsp3) is 0.240. The molecule has 0 saturated heterocycles. The predicted octanol–water partition coefficient (Wildman–Crippen LogP) is 14.8. The molecular formula is C50H46. The lowest BCUT2D eigenvalue weighted by Crippen LogP contribution is -2.09. The van der Waals surface area contributed by atoms with Crippen molar-refractivity contribution in [2.75, 3.05) is 0 Å². The van der Waals surface area contributed by atoms with Crippen LogP contribution in [0.4, 0.5) is 0 Å². The summed E-state index contributed by atoms with van der Waals surface area (Å²) >= 11 is 0. The van der Waals surface area contributed by atoms with E-state index >= 15 is 0 Å². The van der Waals surface area contributed by atoms with Crippen molar-refractivity contribution in [3.8, 4) is 44.5 Å². The molecule has 7 aromatic rings. The molecule has 0 N–H and O–H groups in total. The minimum atomic E-state index is 0.683. The zero-order valence-corrected chi connectivity index (χ0v) is 29.1. The maximum atomic E-state index is 2.63. The number of benzene rings is 7. The maximum Gasteiger partial charge on any atom is -0.00261 e. The van der Waals surface area contributed by atoms with Crippen LogP contribution < -0.4 is 0 Å². The van der Waals surface area contributed by atoms with Crippen LogP contribution in [0.1, 0.15) is 87.2 Å². The molecular weight excluding hydrogens is 601 g/mol. The molecule has 7 aromatic carbocycles. The summed E-state index contributed by atoms with van der Waals surface area (Å²) < 4.78 is 0. The highest BCUT2D eigenvalue weighted by Gasteiger charge is 2.24. The van der Waals surface area contributed by atoms with Gasteiger partial charge in [0.15, 0.2) is 0 Å². The summed E-state index contributed by atoms with van der Waals surface area (Å²) in [6.07, 6.45) is 13.6. The smallest absolute Gasteiger partial charge is 0.00261 e. The van der Waals surface area contributed by atoms with Crippen molar-refractivity contribution >= 4 is 21.5 Å². The predicted molar refractivity (Wildman–Crippen MR) is 215 cm³/mol. The van der Waals surface area contributed by atoms with Crippen molar-refractivity contribution in [3.63, 3.8) is 0 Å². The maximum absolute atomic E-state index is 2.63. The van der Waals surface area contributed by atoms with Gasteiger partial charge in [-0.05, 0) is 121 Å². The van der Waals surface area contributed by atoms with E-state index in [4.69, 9.17) is 0 Å². The lowest BCUT2D eigenvalue weighted by molar-refractivity contribution is 0.435. The first-order valence-electron chi connectivity index (χ1n) is 19.2. The highest BCUT2D eigenvalue weighted by molar-refractivity contribution is 6.21. The van der Waals surface area contributed by atoms with E-state index in [2.05, 4.69) is 146 Å². The van der Waals surface area contributed by atoms with E-state index < -0.39 is 0 Å². The Labute approximate surface area is 297 Å². The lowest BCUT2D eigenvalue weighted by Gasteiger charge is -2.27. The van der Waals surface area contributed by atoms with E-state index in [1.54, 1.807) is 11.1 Å². The van der Waals surface area contributed by atoms with Crippen LogP contribution in [-0.2, 0) is 0 Å². The van der Waals surface area contributed by atoms with Gasteiger partial charge in [0.05, 0.1) is 0 Å². The van der Waals surface area contributed by atoms with Crippen LogP contribution >= 0.6 is 0 Å². The molecule has 9 rings (SSSR count). The molecule has 50 heavy (non-hydrogen) atoms. The highest BCUT2D eigenvalue weighted by Crippen LogP contribution is 2.47. The summed E-state index contributed by atoms with van der Waals surface area (Å²) in [5, 5.41) is 5.36. The van der Waals surface area contributed by atoms with Gasteiger partial charge in [-0.1, -0.05) is 178 Å². The zero-order valence-electron chi connectivity index (χ0n) is 29.1. The summed E-state index contributed by atoms with van der Waals surface area (Å²) in [5.41, 5.74) is 13.6. The third-order valence-corrected chi connectivity index (χ3v) is 11.8. The second-order valence-corrected chi connectivity index (χ2v) is 14.9. The van der Waals surface area contributed by atoms with Gasteiger partial charge >= 0.3 is 0 Å². The van der Waals surface area contributed by atoms with Gasteiger partial charge in [-0.25, -0.2) is 0 Å². The summed E-state index contributed by atoms with van der Waals surface area (Å²) in [5.74, 6) is 1.37. The molecule has 2 fully saturated rings. The van der Waals surface area contributed by atoms with Crippen LogP contribution in [-0.4, -0.2) is 0 Å². The van der Waals surface area contributed by atoms with Crippen LogP contribution in [0.25, 0.3) is 66.1 Å². The van der Waals surface area contributed by atoms with Crippen LogP contribution in [0.5, 0.6) is 0 Å². The Morgan fingerprint density at radius 3 is 1.20 bits per heavy atom. The molecule has 0 unspecified atom stereocenters. The third-order valence-electron chi connectivity index (χ3n) is 11.8. The van der Waals surface area contributed by atoms with Crippen LogP contribution in [0, 0.1) is 0 Å². The minimum absolute atomic E-state index is 0.683. The fourth-order valence-electron chi connectivity index (χ4n) is 9.34. The summed E-state index contributed by atoms with van der Waals surface area (Å²) in [7, 11) is 0. The van der Waals surface area contributed by atoms with Gasteiger partial charge < -0.3 is 0 Å². The third kappa shape index (κ3) is 5.86. The van der Waals surface area contributed by atoms with Crippen LogP contribution in [0.15, 0.2) is 146 Å². The summed E-state index contributed by atoms with van der Waals surface area (Å²) in [4.78, 5) is 0. The van der Waals surface area contributed by atoms with Crippen molar-refractivity contribution in [1.29, 1.82) is 0 Å². The molecule has 0 amide bonds. The molecule has 2 aliphatic carbocycles. The fourth-order valence-corrected chi connectivity index (χ4v) is 9.34. The van der Waals surface area contributed by atoms with E-state index in [0.717, 1.165) is 0 Å². The first-order valence-corrected chi connectivity index (χ1v) is 19.2. The zero-order chi connectivity index (χ0) is 33.3. The normalized spacial score (nSPS) is 15.8. The average molecular weight is 647 g/mol. The number of rotatable bonds is 6. The number of fused-ring (bicyclic) bond motifs is 2. The van der Waals surface area contributed by atoms with Crippen LogP contribution in [0.2, 0.25) is 0 Å². The van der Waals surface area contributed by atoms with Crippen molar-refractivity contribution < 1.29 is 0 Å². The van der Waals surface area contributed by atoms with Gasteiger partial charge in [0.2, 0.25) is 0 Å². The molecule has 0 aromatic heterocycles. The van der Waals surface area contributed by atoms with E-state index in [1.165, 1.54) is 130 Å². The Bertz CT molecular complexity index is 2170. The first-order chi connectivity index (χ1) is 24.8. The Hall–Kier alpha value is -4.94. The SMILES string of the molecule is c1ccc(-c2ccc(-c3c4ccccc4c(-c4cc(C5CCCCC5)cc(C5CCCCC5)c4)c4ccccc34)cc2-c2ccccc2)cc1. The second kappa shape index (κ2) is 13.8. The van der Waals surface area contributed by atoms with E-state index in [0.29, 0.717) is 11.8 Å². The Morgan fingerprint density at radius 1 is 0.300 bits per heavy atom. The van der Waals surface area contributed by atoms with Gasteiger partial charge in [0.1, 0.15) is 0 Å².